The Morgan fingerprint density at radius 3 is 2.78 bits per heavy atom. The summed E-state index contributed by atoms with van der Waals surface area (Å²) in [6, 6.07) is 6.71. The minimum Gasteiger partial charge on any atom is -0.465 e. The van der Waals surface area contributed by atoms with Crippen molar-refractivity contribution >= 4 is 34.4 Å². The van der Waals surface area contributed by atoms with Crippen LogP contribution in [0.15, 0.2) is 30.5 Å². The lowest BCUT2D eigenvalue weighted by Gasteiger charge is -2.08. The Hall–Kier alpha value is -4.68. The average Bonchev–Trinajstić information content (AvgIpc) is 3.36. The first-order chi connectivity index (χ1) is 15.4. The van der Waals surface area contributed by atoms with Crippen LogP contribution in [-0.4, -0.2) is 42.7 Å². The number of hydrogen-bond donors (Lipinski definition) is 4. The standard InChI is InChI=1S/C19H15FN8O4/c20-9-4-10-12(17-25-15(21)13(16(22)26-17)24-19(29)30)27-28(18(10)23-5-9)6-8-2-1-3-11-14(8)32-7-31-11/h1-5,24H,6-7H2,(H,29,30)(H4,21,22,25,26). The Balaban J connectivity index is 1.63. The molecular formula is C19H15FN8O4. The van der Waals surface area contributed by atoms with E-state index in [0.29, 0.717) is 22.5 Å². The van der Waals surface area contributed by atoms with Crippen molar-refractivity contribution in [2.75, 3.05) is 23.6 Å². The smallest absolute Gasteiger partial charge is 0.409 e. The van der Waals surface area contributed by atoms with Crippen LogP contribution in [0.25, 0.3) is 22.6 Å². The molecule has 0 spiro atoms. The molecule has 0 atom stereocenters. The second-order valence-corrected chi connectivity index (χ2v) is 6.80. The van der Waals surface area contributed by atoms with Crippen LogP contribution in [-0.2, 0) is 6.54 Å². The predicted octanol–water partition coefficient (Wildman–Crippen LogP) is 2.06. The zero-order valence-electron chi connectivity index (χ0n) is 16.2. The lowest BCUT2D eigenvalue weighted by molar-refractivity contribution is 0.173. The van der Waals surface area contributed by atoms with Gasteiger partial charge in [-0.05, 0) is 12.1 Å². The zero-order valence-corrected chi connectivity index (χ0v) is 16.2. The third-order valence-electron chi connectivity index (χ3n) is 4.76. The lowest BCUT2D eigenvalue weighted by atomic mass is 10.2. The first-order valence-corrected chi connectivity index (χ1v) is 9.23. The van der Waals surface area contributed by atoms with Crippen molar-refractivity contribution in [3.63, 3.8) is 0 Å². The number of amides is 1. The highest BCUT2D eigenvalue weighted by Gasteiger charge is 2.22. The summed E-state index contributed by atoms with van der Waals surface area (Å²) < 4.78 is 26.5. The molecule has 0 bridgehead atoms. The number of pyridine rings is 1. The van der Waals surface area contributed by atoms with Crippen LogP contribution in [0, 0.1) is 5.82 Å². The summed E-state index contributed by atoms with van der Waals surface area (Å²) in [5, 5.41) is 15.8. The molecule has 1 aromatic carbocycles. The van der Waals surface area contributed by atoms with Crippen LogP contribution in [0.3, 0.4) is 0 Å². The minimum atomic E-state index is -1.37. The van der Waals surface area contributed by atoms with E-state index in [4.69, 9.17) is 26.0 Å². The van der Waals surface area contributed by atoms with E-state index in [2.05, 4.69) is 20.1 Å². The normalized spacial score (nSPS) is 12.3. The third kappa shape index (κ3) is 3.21. The number of halogens is 1. The molecule has 13 heteroatoms. The first kappa shape index (κ1) is 19.3. The molecule has 5 rings (SSSR count). The maximum Gasteiger partial charge on any atom is 0.409 e. The summed E-state index contributed by atoms with van der Waals surface area (Å²) in [5.41, 5.74) is 12.9. The highest BCUT2D eigenvalue weighted by molar-refractivity contribution is 5.94. The van der Waals surface area contributed by atoms with Gasteiger partial charge in [-0.15, -0.1) is 0 Å². The largest absolute Gasteiger partial charge is 0.465 e. The number of nitrogens with zero attached hydrogens (tertiary/aromatic N) is 5. The summed E-state index contributed by atoms with van der Waals surface area (Å²) in [5.74, 6) is 0.213. The van der Waals surface area contributed by atoms with E-state index in [9.17, 15) is 9.18 Å². The van der Waals surface area contributed by atoms with E-state index >= 15 is 0 Å². The van der Waals surface area contributed by atoms with E-state index in [1.54, 1.807) is 10.7 Å². The highest BCUT2D eigenvalue weighted by atomic mass is 19.1. The van der Waals surface area contributed by atoms with E-state index in [1.165, 1.54) is 6.07 Å². The van der Waals surface area contributed by atoms with E-state index in [1.807, 2.05) is 17.4 Å². The van der Waals surface area contributed by atoms with Gasteiger partial charge >= 0.3 is 6.09 Å². The molecule has 4 heterocycles. The maximum atomic E-state index is 14.0. The first-order valence-electron chi connectivity index (χ1n) is 9.23. The molecule has 0 saturated heterocycles. The van der Waals surface area contributed by atoms with Crippen molar-refractivity contribution < 1.29 is 23.8 Å². The second kappa shape index (κ2) is 7.23. The SMILES string of the molecule is Nc1nc(-c2nn(Cc3cccc4c3OCO4)c3ncc(F)cc23)nc(N)c1NC(=O)O. The molecule has 0 saturated carbocycles. The average molecular weight is 438 g/mol. The number of benzene rings is 1. The monoisotopic (exact) mass is 438 g/mol. The fraction of sp³-hybridized carbons (Fsp3) is 0.105. The number of para-hydroxylation sites is 1. The number of ether oxygens (including phenoxy) is 2. The van der Waals surface area contributed by atoms with Gasteiger partial charge in [0.25, 0.3) is 0 Å². The minimum absolute atomic E-state index is 0.00929. The highest BCUT2D eigenvalue weighted by Crippen LogP contribution is 2.36. The molecule has 32 heavy (non-hydrogen) atoms. The number of carboxylic acid groups (broad SMARTS) is 1. The Bertz CT molecular complexity index is 1370. The number of nitrogens with two attached hydrogens (primary N) is 2. The van der Waals surface area contributed by atoms with Crippen molar-refractivity contribution in [1.82, 2.24) is 24.7 Å². The molecule has 1 aliphatic rings. The number of fused-ring (bicyclic) bond motifs is 2. The van der Waals surface area contributed by atoms with Crippen LogP contribution in [0.4, 0.5) is 26.5 Å². The Morgan fingerprint density at radius 1 is 1.25 bits per heavy atom. The van der Waals surface area contributed by atoms with Gasteiger partial charge in [0.15, 0.2) is 34.6 Å². The van der Waals surface area contributed by atoms with Crippen LogP contribution < -0.4 is 26.3 Å². The molecule has 6 N–H and O–H groups in total. The molecule has 3 aromatic heterocycles. The van der Waals surface area contributed by atoms with Gasteiger partial charge in [-0.3, -0.25) is 5.32 Å². The van der Waals surface area contributed by atoms with Gasteiger partial charge in [0.2, 0.25) is 6.79 Å². The van der Waals surface area contributed by atoms with E-state index in [-0.39, 0.29) is 42.2 Å². The van der Waals surface area contributed by atoms with Gasteiger partial charge in [0, 0.05) is 5.56 Å². The predicted molar refractivity (Wildman–Crippen MR) is 111 cm³/mol. The summed E-state index contributed by atoms with van der Waals surface area (Å²) in [4.78, 5) is 23.3. The van der Waals surface area contributed by atoms with Crippen molar-refractivity contribution in [3.8, 4) is 23.0 Å². The maximum absolute atomic E-state index is 14.0. The summed E-state index contributed by atoms with van der Waals surface area (Å²) in [6.07, 6.45) is -0.301. The second-order valence-electron chi connectivity index (χ2n) is 6.80. The van der Waals surface area contributed by atoms with Crippen molar-refractivity contribution in [2.24, 2.45) is 0 Å². The van der Waals surface area contributed by atoms with Gasteiger partial charge in [-0.2, -0.15) is 5.10 Å². The van der Waals surface area contributed by atoms with Crippen molar-refractivity contribution in [2.45, 2.75) is 6.54 Å². The van der Waals surface area contributed by atoms with Gasteiger partial charge < -0.3 is 26.0 Å². The van der Waals surface area contributed by atoms with E-state index in [0.717, 1.165) is 11.8 Å². The number of hydrogen-bond acceptors (Lipinski definition) is 9. The van der Waals surface area contributed by atoms with Crippen LogP contribution in [0.1, 0.15) is 5.56 Å². The molecule has 0 aliphatic carbocycles. The Kier molecular flexibility index (Phi) is 4.36. The molecule has 1 amide bonds. The quantitative estimate of drug-likeness (QED) is 0.369. The molecule has 1 aliphatic heterocycles. The number of carbonyl (C=O) groups is 1. The number of nitrogens with one attached hydrogen (secondary N) is 1. The molecule has 162 valence electrons. The van der Waals surface area contributed by atoms with Crippen LogP contribution in [0.5, 0.6) is 11.5 Å². The number of aromatic nitrogens is 5. The zero-order chi connectivity index (χ0) is 22.4. The topological polar surface area (TPSA) is 176 Å². The molecular weight excluding hydrogens is 423 g/mol. The van der Waals surface area contributed by atoms with E-state index < -0.39 is 11.9 Å². The van der Waals surface area contributed by atoms with Gasteiger partial charge in [-0.25, -0.2) is 28.8 Å². The molecule has 4 aromatic rings. The summed E-state index contributed by atoms with van der Waals surface area (Å²) in [6.45, 7) is 0.356. The van der Waals surface area contributed by atoms with Gasteiger partial charge in [-0.1, -0.05) is 12.1 Å². The summed E-state index contributed by atoms with van der Waals surface area (Å²) in [7, 11) is 0. The Labute approximate surface area is 178 Å². The number of rotatable bonds is 4. The van der Waals surface area contributed by atoms with Crippen LogP contribution in [0.2, 0.25) is 0 Å². The molecule has 0 fully saturated rings. The third-order valence-corrected chi connectivity index (χ3v) is 4.76. The molecule has 0 unspecified atom stereocenters. The van der Waals surface area contributed by atoms with Gasteiger partial charge in [0.1, 0.15) is 17.2 Å². The number of nitrogen functional groups attached to an aromatic ring is 2. The van der Waals surface area contributed by atoms with Crippen molar-refractivity contribution in [1.29, 1.82) is 0 Å². The lowest BCUT2D eigenvalue weighted by Crippen LogP contribution is -2.14. The summed E-state index contributed by atoms with van der Waals surface area (Å²) >= 11 is 0. The number of anilines is 3. The van der Waals surface area contributed by atoms with Crippen molar-refractivity contribution in [3.05, 3.63) is 41.8 Å². The molecule has 12 nitrogen and oxygen atoms in total. The molecule has 0 radical (unpaired) electrons. The fourth-order valence-corrected chi connectivity index (χ4v) is 3.42. The fourth-order valence-electron chi connectivity index (χ4n) is 3.42. The Morgan fingerprint density at radius 2 is 2.03 bits per heavy atom. The van der Waals surface area contributed by atoms with Gasteiger partial charge in [0.05, 0.1) is 18.1 Å². The van der Waals surface area contributed by atoms with Crippen LogP contribution >= 0.6 is 0 Å².